The Morgan fingerprint density at radius 2 is 2.04 bits per heavy atom. The lowest BCUT2D eigenvalue weighted by Crippen LogP contribution is -2.27. The number of nitrogens with zero attached hydrogens (tertiary/aromatic N) is 1. The Morgan fingerprint density at radius 3 is 2.75 bits per heavy atom. The van der Waals surface area contributed by atoms with Crippen LogP contribution in [-0.4, -0.2) is 17.3 Å². The fourth-order valence-electron chi connectivity index (χ4n) is 2.29. The van der Waals surface area contributed by atoms with Crippen molar-refractivity contribution in [1.82, 2.24) is 0 Å². The van der Waals surface area contributed by atoms with Gasteiger partial charge in [-0.05, 0) is 48.4 Å². The number of amides is 1. The fourth-order valence-corrected chi connectivity index (χ4v) is 3.77. The van der Waals surface area contributed by atoms with Gasteiger partial charge in [-0.3, -0.25) is 9.69 Å². The number of ether oxygens (including phenoxy) is 1. The van der Waals surface area contributed by atoms with E-state index in [4.69, 9.17) is 28.6 Å². The maximum atomic E-state index is 12.7. The molecule has 0 N–H and O–H groups in total. The van der Waals surface area contributed by atoms with Crippen LogP contribution in [-0.2, 0) is 4.79 Å². The summed E-state index contributed by atoms with van der Waals surface area (Å²) in [5.41, 5.74) is 2.52. The van der Waals surface area contributed by atoms with Gasteiger partial charge in [-0.1, -0.05) is 53.8 Å². The van der Waals surface area contributed by atoms with Crippen molar-refractivity contribution in [3.63, 3.8) is 0 Å². The summed E-state index contributed by atoms with van der Waals surface area (Å²) in [5, 5.41) is 0.610. The van der Waals surface area contributed by atoms with Crippen molar-refractivity contribution in [2.45, 2.75) is 6.92 Å². The molecule has 122 valence electrons. The summed E-state index contributed by atoms with van der Waals surface area (Å²) in [6, 6.07) is 13.0. The Hall–Kier alpha value is -1.82. The first-order valence-corrected chi connectivity index (χ1v) is 8.78. The van der Waals surface area contributed by atoms with Crippen LogP contribution in [0.1, 0.15) is 11.1 Å². The monoisotopic (exact) mass is 375 g/mol. The van der Waals surface area contributed by atoms with Crippen LogP contribution in [0.25, 0.3) is 6.08 Å². The van der Waals surface area contributed by atoms with Crippen molar-refractivity contribution in [2.24, 2.45) is 0 Å². The van der Waals surface area contributed by atoms with E-state index in [0.717, 1.165) is 16.9 Å². The Balaban J connectivity index is 1.93. The van der Waals surface area contributed by atoms with Crippen molar-refractivity contribution in [3.8, 4) is 5.75 Å². The molecule has 0 aromatic heterocycles. The second-order valence-corrected chi connectivity index (χ2v) is 7.31. The van der Waals surface area contributed by atoms with Crippen LogP contribution >= 0.6 is 35.6 Å². The third kappa shape index (κ3) is 3.34. The number of thiocarbonyl (C=S) groups is 1. The van der Waals surface area contributed by atoms with Gasteiger partial charge in [0, 0.05) is 5.02 Å². The van der Waals surface area contributed by atoms with E-state index in [1.165, 1.54) is 16.7 Å². The predicted molar refractivity (Wildman–Crippen MR) is 105 cm³/mol. The number of methoxy groups -OCH3 is 1. The molecular formula is C18H14ClNO2S2. The summed E-state index contributed by atoms with van der Waals surface area (Å²) in [5.74, 6) is 0.595. The number of anilines is 1. The first-order chi connectivity index (χ1) is 11.5. The molecule has 0 aliphatic carbocycles. The summed E-state index contributed by atoms with van der Waals surface area (Å²) in [4.78, 5) is 14.8. The highest BCUT2D eigenvalue weighted by atomic mass is 35.5. The molecule has 0 radical (unpaired) electrons. The number of rotatable bonds is 3. The van der Waals surface area contributed by atoms with Crippen molar-refractivity contribution in [3.05, 3.63) is 63.5 Å². The molecule has 2 aromatic rings. The maximum Gasteiger partial charge on any atom is 0.270 e. The van der Waals surface area contributed by atoms with Crippen molar-refractivity contribution >= 4 is 57.6 Å². The first-order valence-electron chi connectivity index (χ1n) is 7.18. The van der Waals surface area contributed by atoms with E-state index in [1.807, 2.05) is 49.4 Å². The van der Waals surface area contributed by atoms with Gasteiger partial charge < -0.3 is 4.74 Å². The summed E-state index contributed by atoms with van der Waals surface area (Å²) in [6.45, 7) is 1.92. The van der Waals surface area contributed by atoms with Gasteiger partial charge in [0.25, 0.3) is 5.91 Å². The van der Waals surface area contributed by atoms with Crippen molar-refractivity contribution in [1.29, 1.82) is 0 Å². The van der Waals surface area contributed by atoms with Crippen molar-refractivity contribution < 1.29 is 9.53 Å². The number of benzene rings is 2. The highest BCUT2D eigenvalue weighted by Crippen LogP contribution is 2.37. The molecule has 1 amide bonds. The van der Waals surface area contributed by atoms with E-state index in [9.17, 15) is 4.79 Å². The highest BCUT2D eigenvalue weighted by Gasteiger charge is 2.33. The van der Waals surface area contributed by atoms with Crippen LogP contribution in [0, 0.1) is 6.92 Å². The van der Waals surface area contributed by atoms with Gasteiger partial charge in [-0.25, -0.2) is 0 Å². The summed E-state index contributed by atoms with van der Waals surface area (Å²) < 4.78 is 5.70. The normalized spacial score (nSPS) is 16.1. The lowest BCUT2D eigenvalue weighted by atomic mass is 10.2. The van der Waals surface area contributed by atoms with Gasteiger partial charge in [-0.2, -0.15) is 0 Å². The van der Waals surface area contributed by atoms with Crippen LogP contribution in [0.2, 0.25) is 5.02 Å². The van der Waals surface area contributed by atoms with Gasteiger partial charge in [0.15, 0.2) is 4.32 Å². The van der Waals surface area contributed by atoms with E-state index >= 15 is 0 Å². The molecule has 1 fully saturated rings. The molecule has 0 bridgehead atoms. The predicted octanol–water partition coefficient (Wildman–Crippen LogP) is 5.06. The zero-order valence-electron chi connectivity index (χ0n) is 13.1. The third-order valence-electron chi connectivity index (χ3n) is 3.60. The van der Waals surface area contributed by atoms with Crippen LogP contribution in [0.4, 0.5) is 5.69 Å². The molecule has 0 unspecified atom stereocenters. The molecule has 0 spiro atoms. The molecule has 0 saturated carbocycles. The Morgan fingerprint density at radius 1 is 1.25 bits per heavy atom. The van der Waals surface area contributed by atoms with Crippen LogP contribution in [0.5, 0.6) is 5.75 Å². The van der Waals surface area contributed by atoms with Gasteiger partial charge in [0.2, 0.25) is 0 Å². The Kier molecular flexibility index (Phi) is 4.94. The van der Waals surface area contributed by atoms with E-state index in [2.05, 4.69) is 0 Å². The van der Waals surface area contributed by atoms with E-state index < -0.39 is 0 Å². The zero-order valence-corrected chi connectivity index (χ0v) is 15.5. The summed E-state index contributed by atoms with van der Waals surface area (Å²) in [7, 11) is 1.61. The smallest absolute Gasteiger partial charge is 0.270 e. The second kappa shape index (κ2) is 6.97. The third-order valence-corrected chi connectivity index (χ3v) is 5.31. The Bertz CT molecular complexity index is 864. The molecule has 24 heavy (non-hydrogen) atoms. The first kappa shape index (κ1) is 17.0. The SMILES string of the molecule is COc1cccc(/C=C2\SC(=S)N(c3ccc(C)c(Cl)c3)C2=O)c1. The molecular weight excluding hydrogens is 362 g/mol. The molecule has 2 aromatic carbocycles. The van der Waals surface area contributed by atoms with Crippen LogP contribution in [0.15, 0.2) is 47.4 Å². The highest BCUT2D eigenvalue weighted by molar-refractivity contribution is 8.27. The molecule has 3 nitrogen and oxygen atoms in total. The lowest BCUT2D eigenvalue weighted by molar-refractivity contribution is -0.113. The fraction of sp³-hybridized carbons (Fsp3) is 0.111. The van der Waals surface area contributed by atoms with Gasteiger partial charge in [0.1, 0.15) is 5.75 Å². The standard InChI is InChI=1S/C18H14ClNO2S2/c1-11-6-7-13(10-15(11)19)20-17(21)16(24-18(20)23)9-12-4-3-5-14(8-12)22-2/h3-10H,1-2H3/b16-9-. The van der Waals surface area contributed by atoms with Gasteiger partial charge >= 0.3 is 0 Å². The average molecular weight is 376 g/mol. The van der Waals surface area contributed by atoms with E-state index in [-0.39, 0.29) is 5.91 Å². The molecule has 6 heteroatoms. The topological polar surface area (TPSA) is 29.5 Å². The van der Waals surface area contributed by atoms with Crippen LogP contribution in [0.3, 0.4) is 0 Å². The minimum absolute atomic E-state index is 0.146. The number of hydrogen-bond donors (Lipinski definition) is 0. The minimum atomic E-state index is -0.146. The number of carbonyl (C=O) groups excluding carboxylic acids is 1. The molecule has 1 heterocycles. The van der Waals surface area contributed by atoms with Crippen molar-refractivity contribution in [2.75, 3.05) is 12.0 Å². The summed E-state index contributed by atoms with van der Waals surface area (Å²) >= 11 is 12.8. The van der Waals surface area contributed by atoms with Gasteiger partial charge in [-0.15, -0.1) is 0 Å². The molecule has 0 atom stereocenters. The average Bonchev–Trinajstić information content (AvgIpc) is 2.84. The van der Waals surface area contributed by atoms with E-state index in [1.54, 1.807) is 13.2 Å². The lowest BCUT2D eigenvalue weighted by Gasteiger charge is -2.15. The molecule has 1 aliphatic rings. The minimum Gasteiger partial charge on any atom is -0.497 e. The number of carbonyl (C=O) groups is 1. The molecule has 3 rings (SSSR count). The van der Waals surface area contributed by atoms with E-state index in [0.29, 0.717) is 19.9 Å². The second-order valence-electron chi connectivity index (χ2n) is 5.23. The summed E-state index contributed by atoms with van der Waals surface area (Å²) in [6.07, 6.45) is 1.82. The number of thioether (sulfide) groups is 1. The number of halogens is 1. The van der Waals surface area contributed by atoms with Crippen LogP contribution < -0.4 is 9.64 Å². The Labute approximate surface area is 155 Å². The quantitative estimate of drug-likeness (QED) is 0.553. The maximum absolute atomic E-state index is 12.7. The molecule has 1 saturated heterocycles. The largest absolute Gasteiger partial charge is 0.497 e. The number of aryl methyl sites for hydroxylation is 1. The number of hydrogen-bond acceptors (Lipinski definition) is 4. The van der Waals surface area contributed by atoms with Gasteiger partial charge in [0.05, 0.1) is 17.7 Å². The zero-order chi connectivity index (χ0) is 17.3. The molecule has 1 aliphatic heterocycles.